The van der Waals surface area contributed by atoms with E-state index in [0.29, 0.717) is 5.56 Å². The van der Waals surface area contributed by atoms with E-state index in [1.807, 2.05) is 6.07 Å². The van der Waals surface area contributed by atoms with Gasteiger partial charge in [-0.2, -0.15) is 4.83 Å². The minimum absolute atomic E-state index is 0.151. The molecule has 1 aliphatic rings. The Kier molecular flexibility index (Phi) is 5.31. The minimum Gasteiger partial charge on any atom is -0.291 e. The van der Waals surface area contributed by atoms with Gasteiger partial charge in [-0.15, -0.1) is 0 Å². The fourth-order valence-electron chi connectivity index (χ4n) is 1.92. The number of nitrogens with zero attached hydrogens (tertiary/aromatic N) is 1. The summed E-state index contributed by atoms with van der Waals surface area (Å²) in [6.07, 6.45) is 1.57. The van der Waals surface area contributed by atoms with Crippen LogP contribution in [0.2, 0.25) is 0 Å². The van der Waals surface area contributed by atoms with Gasteiger partial charge in [-0.3, -0.25) is 18.7 Å². The van der Waals surface area contributed by atoms with Crippen molar-refractivity contribution < 1.29 is 23.2 Å². The number of Topliss-reactive ketones (excluding diaryl/α,β-unsaturated/α-hetero) is 1. The Balaban J connectivity index is 2.27. The lowest BCUT2D eigenvalue weighted by molar-refractivity contribution is -0.0523. The third kappa shape index (κ3) is 3.41. The second-order valence-electron chi connectivity index (χ2n) is 4.16. The minimum atomic E-state index is -3.68. The molecule has 6 nitrogen and oxygen atoms in total. The van der Waals surface area contributed by atoms with Crippen LogP contribution in [0.3, 0.4) is 0 Å². The molecule has 7 heteroatoms. The maximum atomic E-state index is 12.7. The topological polar surface area (TPSA) is 65.1 Å². The van der Waals surface area contributed by atoms with Crippen LogP contribution in [0.1, 0.15) is 24.2 Å². The van der Waals surface area contributed by atoms with Crippen LogP contribution in [-0.4, -0.2) is 30.4 Å². The van der Waals surface area contributed by atoms with E-state index in [2.05, 4.69) is 0 Å². The highest BCUT2D eigenvalue weighted by atomic mass is 31.2. The van der Waals surface area contributed by atoms with Crippen molar-refractivity contribution in [1.82, 2.24) is 4.83 Å². The van der Waals surface area contributed by atoms with Crippen LogP contribution in [0.15, 0.2) is 42.1 Å². The van der Waals surface area contributed by atoms with Crippen LogP contribution in [0.4, 0.5) is 0 Å². The number of benzene rings is 1. The zero-order chi connectivity index (χ0) is 15.3. The first-order chi connectivity index (χ1) is 10.1. The quantitative estimate of drug-likeness (QED) is 0.569. The average molecular weight is 311 g/mol. The van der Waals surface area contributed by atoms with Gasteiger partial charge in [0.2, 0.25) is 5.78 Å². The van der Waals surface area contributed by atoms with Gasteiger partial charge in [0.25, 0.3) is 0 Å². The largest absolute Gasteiger partial charge is 0.459 e. The molecule has 1 aromatic rings. The normalized spacial score (nSPS) is 15.1. The number of hydroxylamine groups is 1. The number of carbonyl (C=O) groups is 1. The van der Waals surface area contributed by atoms with E-state index in [-0.39, 0.29) is 31.3 Å². The third-order valence-electron chi connectivity index (χ3n) is 2.76. The third-order valence-corrected chi connectivity index (χ3v) is 4.70. The Hall–Kier alpha value is -1.46. The smallest absolute Gasteiger partial charge is 0.291 e. The molecule has 0 saturated heterocycles. The van der Waals surface area contributed by atoms with Crippen LogP contribution in [-0.2, 0) is 18.5 Å². The number of rotatable bonds is 7. The second-order valence-corrected chi connectivity index (χ2v) is 5.97. The number of hydrogen-bond acceptors (Lipinski definition) is 5. The van der Waals surface area contributed by atoms with Crippen LogP contribution < -0.4 is 0 Å². The standard InChI is InChI=1S/C14H18NO5P/c1-3-19-21(17,20-4-2)15-13(10-11-18-15)14(16)12-8-6-5-7-9-12/h5-10H,3-4,11H2,1-2H3. The summed E-state index contributed by atoms with van der Waals surface area (Å²) < 4.78 is 23.1. The highest BCUT2D eigenvalue weighted by Crippen LogP contribution is 2.55. The van der Waals surface area contributed by atoms with E-state index >= 15 is 0 Å². The molecule has 0 N–H and O–H groups in total. The molecule has 0 amide bonds. The molecule has 0 aromatic heterocycles. The van der Waals surface area contributed by atoms with E-state index in [0.717, 1.165) is 4.83 Å². The summed E-state index contributed by atoms with van der Waals surface area (Å²) >= 11 is 0. The molecule has 0 unspecified atom stereocenters. The summed E-state index contributed by atoms with van der Waals surface area (Å²) in [5, 5.41) is 0. The monoisotopic (exact) mass is 311 g/mol. The summed E-state index contributed by atoms with van der Waals surface area (Å²) in [5.41, 5.74) is 0.658. The fraction of sp³-hybridized carbons (Fsp3) is 0.357. The van der Waals surface area contributed by atoms with Crippen molar-refractivity contribution in [1.29, 1.82) is 0 Å². The molecule has 0 bridgehead atoms. The van der Waals surface area contributed by atoms with E-state index in [1.165, 1.54) is 0 Å². The Morgan fingerprint density at radius 2 is 1.86 bits per heavy atom. The van der Waals surface area contributed by atoms with Gasteiger partial charge in [-0.25, -0.2) is 4.57 Å². The van der Waals surface area contributed by atoms with Crippen molar-refractivity contribution in [2.45, 2.75) is 13.8 Å². The average Bonchev–Trinajstić information content (AvgIpc) is 2.98. The molecule has 0 spiro atoms. The van der Waals surface area contributed by atoms with Gasteiger partial charge in [0.1, 0.15) is 5.70 Å². The number of ketones is 1. The van der Waals surface area contributed by atoms with Gasteiger partial charge in [0.15, 0.2) is 0 Å². The van der Waals surface area contributed by atoms with Gasteiger partial charge in [0.05, 0.1) is 19.8 Å². The van der Waals surface area contributed by atoms with E-state index < -0.39 is 7.75 Å². The summed E-state index contributed by atoms with van der Waals surface area (Å²) in [5.74, 6) is -0.285. The molecular weight excluding hydrogens is 293 g/mol. The molecule has 114 valence electrons. The van der Waals surface area contributed by atoms with Crippen LogP contribution in [0, 0.1) is 0 Å². The SMILES string of the molecule is CCOP(=O)(OCC)N1OCC=C1C(=O)c1ccccc1. The highest BCUT2D eigenvalue weighted by Gasteiger charge is 2.41. The van der Waals surface area contributed by atoms with E-state index in [1.54, 1.807) is 44.2 Å². The van der Waals surface area contributed by atoms with E-state index in [4.69, 9.17) is 13.9 Å². The van der Waals surface area contributed by atoms with Crippen molar-refractivity contribution in [2.75, 3.05) is 19.8 Å². The second kappa shape index (κ2) is 7.00. The predicted octanol–water partition coefficient (Wildman–Crippen LogP) is 3.18. The molecule has 21 heavy (non-hydrogen) atoms. The lowest BCUT2D eigenvalue weighted by Gasteiger charge is -2.27. The van der Waals surface area contributed by atoms with Gasteiger partial charge in [0, 0.05) is 5.56 Å². The zero-order valence-electron chi connectivity index (χ0n) is 12.0. The van der Waals surface area contributed by atoms with Crippen molar-refractivity contribution >= 4 is 13.5 Å². The van der Waals surface area contributed by atoms with Crippen molar-refractivity contribution in [3.63, 3.8) is 0 Å². The maximum absolute atomic E-state index is 12.7. The fourth-order valence-corrected chi connectivity index (χ4v) is 3.50. The summed E-state index contributed by atoms with van der Waals surface area (Å²) in [6, 6.07) is 8.72. The molecule has 0 radical (unpaired) electrons. The molecule has 0 atom stereocenters. The molecule has 1 aliphatic heterocycles. The number of carbonyl (C=O) groups excluding carboxylic acids is 1. The van der Waals surface area contributed by atoms with Crippen molar-refractivity contribution in [3.8, 4) is 0 Å². The summed E-state index contributed by atoms with van der Waals surface area (Å²) in [7, 11) is -3.68. The van der Waals surface area contributed by atoms with Crippen molar-refractivity contribution in [3.05, 3.63) is 47.7 Å². The van der Waals surface area contributed by atoms with Crippen molar-refractivity contribution in [2.24, 2.45) is 0 Å². The first-order valence-electron chi connectivity index (χ1n) is 6.75. The molecular formula is C14H18NO5P. The Bertz CT molecular complexity index is 562. The first kappa shape index (κ1) is 15.9. The number of hydrogen-bond donors (Lipinski definition) is 0. The molecule has 1 aromatic carbocycles. The van der Waals surface area contributed by atoms with Crippen LogP contribution in [0.5, 0.6) is 0 Å². The lowest BCUT2D eigenvalue weighted by atomic mass is 10.1. The molecule has 1 heterocycles. The molecule has 0 fully saturated rings. The Labute approximate surface area is 123 Å². The zero-order valence-corrected chi connectivity index (χ0v) is 12.9. The van der Waals surface area contributed by atoms with Crippen LogP contribution in [0.25, 0.3) is 0 Å². The number of allylic oxidation sites excluding steroid dienone is 1. The van der Waals surface area contributed by atoms with E-state index in [9.17, 15) is 9.36 Å². The van der Waals surface area contributed by atoms with Gasteiger partial charge >= 0.3 is 7.75 Å². The van der Waals surface area contributed by atoms with Crippen LogP contribution >= 0.6 is 7.75 Å². The maximum Gasteiger partial charge on any atom is 0.459 e. The van der Waals surface area contributed by atoms with Gasteiger partial charge in [-0.1, -0.05) is 30.3 Å². The Morgan fingerprint density at radius 3 is 2.43 bits per heavy atom. The molecule has 0 aliphatic carbocycles. The highest BCUT2D eigenvalue weighted by molar-refractivity contribution is 7.51. The summed E-state index contributed by atoms with van der Waals surface area (Å²) in [4.78, 5) is 18.8. The lowest BCUT2D eigenvalue weighted by Crippen LogP contribution is -2.23. The molecule has 0 saturated carbocycles. The van der Waals surface area contributed by atoms with Gasteiger partial charge < -0.3 is 0 Å². The first-order valence-corrected chi connectivity index (χ1v) is 8.24. The molecule has 2 rings (SSSR count). The Morgan fingerprint density at radius 1 is 1.24 bits per heavy atom. The summed E-state index contributed by atoms with van der Waals surface area (Å²) in [6.45, 7) is 3.92. The van der Waals surface area contributed by atoms with Gasteiger partial charge in [-0.05, 0) is 19.9 Å². The predicted molar refractivity (Wildman–Crippen MR) is 77.5 cm³/mol.